The molecule has 0 aliphatic heterocycles. The van der Waals surface area contributed by atoms with E-state index in [0.717, 1.165) is 0 Å². The molecule has 0 saturated carbocycles. The van der Waals surface area contributed by atoms with Gasteiger partial charge in [-0.05, 0) is 5.83 Å². The Kier molecular flexibility index (Phi) is 26.2. The summed E-state index contributed by atoms with van der Waals surface area (Å²) in [6.45, 7) is 0. The molecule has 0 rings (SSSR count). The fraction of sp³-hybridized carbons (Fsp3) is 1.00. The standard InChI is InChI=1S/CH3Br.3BF4.K.H/c1-2;3*2-1(3,4)5;;/h1H3;;;;;/q;3*-1;;. The first-order valence-electron chi connectivity index (χ1n) is 3.00. The van der Waals surface area contributed by atoms with E-state index >= 15 is 0 Å². The fourth-order valence-electron chi connectivity index (χ4n) is 0. The summed E-state index contributed by atoms with van der Waals surface area (Å²) in [7, 11) is -18.0. The van der Waals surface area contributed by atoms with Gasteiger partial charge in [0, 0.05) is 0 Å². The van der Waals surface area contributed by atoms with Gasteiger partial charge in [-0.2, -0.15) is 0 Å². The molecule has 0 atom stereocenters. The average molecular weight is 395 g/mol. The molecule has 0 unspecified atom stereocenters. The zero-order valence-electron chi connectivity index (χ0n) is 7.65. The molecule has 112 valence electrons. The van der Waals surface area contributed by atoms with Crippen molar-refractivity contribution >= 4 is 89.1 Å². The maximum absolute atomic E-state index is 9.75. The Morgan fingerprint density at radius 3 is 0.444 bits per heavy atom. The summed E-state index contributed by atoms with van der Waals surface area (Å²) in [5.74, 6) is 1.81. The van der Waals surface area contributed by atoms with E-state index in [9.17, 15) is 51.8 Å². The van der Waals surface area contributed by atoms with Gasteiger partial charge in [0.1, 0.15) is 0 Å². The molecule has 0 amide bonds. The molecule has 0 fully saturated rings. The van der Waals surface area contributed by atoms with E-state index < -0.39 is 21.8 Å². The monoisotopic (exact) mass is 395 g/mol. The fourth-order valence-corrected chi connectivity index (χ4v) is 0. The second-order valence-electron chi connectivity index (χ2n) is 1.48. The Labute approximate surface area is 145 Å². The van der Waals surface area contributed by atoms with Crippen molar-refractivity contribution in [1.29, 1.82) is 0 Å². The molecule has 0 aromatic heterocycles. The third-order valence-corrected chi connectivity index (χ3v) is 0. The molecule has 0 spiro atoms. The van der Waals surface area contributed by atoms with E-state index in [2.05, 4.69) is 15.9 Å². The van der Waals surface area contributed by atoms with Gasteiger partial charge in [-0.3, -0.25) is 0 Å². The van der Waals surface area contributed by atoms with E-state index in [0.29, 0.717) is 0 Å². The van der Waals surface area contributed by atoms with Crippen LogP contribution in [0.1, 0.15) is 0 Å². The van der Waals surface area contributed by atoms with Crippen molar-refractivity contribution in [2.45, 2.75) is 0 Å². The molecule has 0 saturated heterocycles. The van der Waals surface area contributed by atoms with Gasteiger partial charge in [0.15, 0.2) is 0 Å². The van der Waals surface area contributed by atoms with Crippen molar-refractivity contribution in [1.82, 2.24) is 0 Å². The maximum atomic E-state index is 9.75. The summed E-state index contributed by atoms with van der Waals surface area (Å²) < 4.78 is 117. The zero-order chi connectivity index (χ0) is 15.5. The van der Waals surface area contributed by atoms with Gasteiger partial charge >= 0.3 is 73.1 Å². The molecule has 17 heteroatoms. The second-order valence-corrected chi connectivity index (χ2v) is 1.48. The molecular weight excluding hydrogens is 391 g/mol. The van der Waals surface area contributed by atoms with Crippen molar-refractivity contribution in [2.24, 2.45) is 0 Å². The average Bonchev–Trinajstić information content (AvgIpc) is 1.77. The molecule has 0 aliphatic rings. The van der Waals surface area contributed by atoms with Crippen LogP contribution in [0.2, 0.25) is 0 Å². The SMILES string of the molecule is CBr.F[B-](F)(F)F.F[B-](F)(F)F.F[B-](F)(F)F.[KH]. The summed E-state index contributed by atoms with van der Waals surface area (Å²) in [6, 6.07) is 0. The Balaban J connectivity index is -0.0000000427. The van der Waals surface area contributed by atoms with E-state index in [1.807, 2.05) is 5.83 Å². The Hall–Kier alpha value is 1.47. The van der Waals surface area contributed by atoms with Gasteiger partial charge in [0.2, 0.25) is 0 Å². The molecule has 0 aromatic carbocycles. The number of hydrogen-bond donors (Lipinski definition) is 0. The normalized spacial score (nSPS) is 10.3. The van der Waals surface area contributed by atoms with Crippen LogP contribution in [0, 0.1) is 0 Å². The summed E-state index contributed by atoms with van der Waals surface area (Å²) in [5, 5.41) is 0. The first kappa shape index (κ1) is 31.7. The van der Waals surface area contributed by atoms with Gasteiger partial charge in [0.25, 0.3) is 0 Å². The van der Waals surface area contributed by atoms with E-state index in [1.165, 1.54) is 0 Å². The van der Waals surface area contributed by atoms with E-state index in [4.69, 9.17) is 0 Å². The van der Waals surface area contributed by atoms with Gasteiger partial charge < -0.3 is 51.8 Å². The van der Waals surface area contributed by atoms with Gasteiger partial charge in [-0.25, -0.2) is 0 Å². The van der Waals surface area contributed by atoms with Crippen LogP contribution >= 0.6 is 15.9 Å². The number of alkyl halides is 1. The van der Waals surface area contributed by atoms with E-state index in [-0.39, 0.29) is 51.4 Å². The van der Waals surface area contributed by atoms with Gasteiger partial charge in [-0.1, -0.05) is 15.9 Å². The van der Waals surface area contributed by atoms with Crippen LogP contribution in [-0.2, 0) is 0 Å². The van der Waals surface area contributed by atoms with Crippen molar-refractivity contribution in [2.75, 3.05) is 5.83 Å². The van der Waals surface area contributed by atoms with Crippen LogP contribution in [0.25, 0.3) is 0 Å². The molecule has 0 N–H and O–H groups in total. The molecule has 0 heterocycles. The van der Waals surface area contributed by atoms with Crippen LogP contribution in [0.15, 0.2) is 0 Å². The zero-order valence-corrected chi connectivity index (χ0v) is 9.23. The third kappa shape index (κ3) is 2190. The Morgan fingerprint density at radius 1 is 0.444 bits per heavy atom. The topological polar surface area (TPSA) is 0 Å². The van der Waals surface area contributed by atoms with Crippen LogP contribution in [0.5, 0.6) is 0 Å². The molecule has 0 aromatic rings. The third-order valence-electron chi connectivity index (χ3n) is 0. The molecule has 0 aliphatic carbocycles. The second kappa shape index (κ2) is 14.9. The van der Waals surface area contributed by atoms with Crippen molar-refractivity contribution in [3.8, 4) is 0 Å². The first-order chi connectivity index (χ1) is 7.00. The Morgan fingerprint density at radius 2 is 0.444 bits per heavy atom. The summed E-state index contributed by atoms with van der Waals surface area (Å²) in [4.78, 5) is 0. The molecular formula is CH4B3BrF12K-3. The van der Waals surface area contributed by atoms with Gasteiger partial charge in [0.05, 0.1) is 0 Å². The van der Waals surface area contributed by atoms with Crippen LogP contribution in [0.4, 0.5) is 51.8 Å². The van der Waals surface area contributed by atoms with Crippen molar-refractivity contribution in [3.63, 3.8) is 0 Å². The first-order valence-corrected chi connectivity index (χ1v) is 4.58. The van der Waals surface area contributed by atoms with Gasteiger partial charge in [-0.15, -0.1) is 0 Å². The number of halogens is 13. The van der Waals surface area contributed by atoms with Crippen LogP contribution in [0.3, 0.4) is 0 Å². The number of hydrogen-bond acceptors (Lipinski definition) is 0. The minimum absolute atomic E-state index is 0. The van der Waals surface area contributed by atoms with Crippen molar-refractivity contribution in [3.05, 3.63) is 0 Å². The number of rotatable bonds is 0. The van der Waals surface area contributed by atoms with E-state index in [1.54, 1.807) is 0 Å². The molecule has 0 bridgehead atoms. The predicted octanol–water partition coefficient (Wildman–Crippen LogP) is 4.26. The Bertz CT molecular complexity index is 102. The summed E-state index contributed by atoms with van der Waals surface area (Å²) >= 11 is 2.94. The molecule has 0 nitrogen and oxygen atoms in total. The summed E-state index contributed by atoms with van der Waals surface area (Å²) in [6.07, 6.45) is 0. The van der Waals surface area contributed by atoms with Crippen molar-refractivity contribution < 1.29 is 51.8 Å². The minimum atomic E-state index is -6.00. The molecule has 0 radical (unpaired) electrons. The quantitative estimate of drug-likeness (QED) is 0.327. The predicted molar refractivity (Wildman–Crippen MR) is 52.6 cm³/mol. The van der Waals surface area contributed by atoms with Crippen LogP contribution < -0.4 is 0 Å². The van der Waals surface area contributed by atoms with Crippen LogP contribution in [-0.4, -0.2) is 79.0 Å². The molecule has 18 heavy (non-hydrogen) atoms. The summed E-state index contributed by atoms with van der Waals surface area (Å²) in [5.41, 5.74) is 0.